The lowest BCUT2D eigenvalue weighted by Gasteiger charge is -2.30. The molecular weight excluding hydrogens is 342 g/mol. The van der Waals surface area contributed by atoms with Crippen molar-refractivity contribution in [2.75, 3.05) is 18.0 Å². The fraction of sp³-hybridized carbons (Fsp3) is 0.364. The SMILES string of the molecule is O=C(O)C[C@@H](CC(=O)Oc1ccccc1N1CCCCC1)c1ccccc1. The lowest BCUT2D eigenvalue weighted by atomic mass is 9.92. The highest BCUT2D eigenvalue weighted by Crippen LogP contribution is 2.31. The van der Waals surface area contributed by atoms with Crippen LogP contribution in [0.5, 0.6) is 5.75 Å². The maximum atomic E-state index is 12.6. The molecule has 0 saturated carbocycles. The smallest absolute Gasteiger partial charge is 0.311 e. The number of esters is 1. The van der Waals surface area contributed by atoms with E-state index in [-0.39, 0.29) is 12.8 Å². The van der Waals surface area contributed by atoms with Crippen molar-refractivity contribution in [1.82, 2.24) is 0 Å². The molecule has 0 radical (unpaired) electrons. The number of benzene rings is 2. The van der Waals surface area contributed by atoms with Gasteiger partial charge in [0, 0.05) is 19.0 Å². The van der Waals surface area contributed by atoms with E-state index in [1.54, 1.807) is 6.07 Å². The van der Waals surface area contributed by atoms with E-state index in [1.807, 2.05) is 48.5 Å². The third-order valence-corrected chi connectivity index (χ3v) is 4.89. The molecule has 2 aromatic rings. The molecule has 27 heavy (non-hydrogen) atoms. The van der Waals surface area contributed by atoms with Crippen LogP contribution < -0.4 is 9.64 Å². The highest BCUT2D eigenvalue weighted by Gasteiger charge is 2.22. The standard InChI is InChI=1S/C22H25NO4/c24-21(25)15-18(17-9-3-1-4-10-17)16-22(26)27-20-12-6-5-11-19(20)23-13-7-2-8-14-23/h1,3-6,9-12,18H,2,7-8,13-16H2,(H,24,25)/t18-/m0/s1. The van der Waals surface area contributed by atoms with Gasteiger partial charge in [-0.15, -0.1) is 0 Å². The van der Waals surface area contributed by atoms with Crippen molar-refractivity contribution < 1.29 is 19.4 Å². The zero-order chi connectivity index (χ0) is 19.1. The Morgan fingerprint density at radius 2 is 1.59 bits per heavy atom. The second-order valence-electron chi connectivity index (χ2n) is 6.90. The Morgan fingerprint density at radius 1 is 0.926 bits per heavy atom. The number of aliphatic carboxylic acids is 1. The van der Waals surface area contributed by atoms with E-state index in [2.05, 4.69) is 4.90 Å². The van der Waals surface area contributed by atoms with Gasteiger partial charge >= 0.3 is 11.9 Å². The average Bonchev–Trinajstić information content (AvgIpc) is 2.69. The number of para-hydroxylation sites is 2. The van der Waals surface area contributed by atoms with Crippen molar-refractivity contribution in [3.8, 4) is 5.75 Å². The Labute approximate surface area is 159 Å². The monoisotopic (exact) mass is 367 g/mol. The number of nitrogens with zero attached hydrogens (tertiary/aromatic N) is 1. The highest BCUT2D eigenvalue weighted by atomic mass is 16.5. The van der Waals surface area contributed by atoms with Gasteiger partial charge in [0.15, 0.2) is 5.75 Å². The van der Waals surface area contributed by atoms with Gasteiger partial charge in [-0.2, -0.15) is 0 Å². The van der Waals surface area contributed by atoms with Gasteiger partial charge in [0.25, 0.3) is 0 Å². The van der Waals surface area contributed by atoms with Gasteiger partial charge in [0.05, 0.1) is 18.5 Å². The van der Waals surface area contributed by atoms with E-state index in [4.69, 9.17) is 4.74 Å². The van der Waals surface area contributed by atoms with Crippen molar-refractivity contribution >= 4 is 17.6 Å². The molecule has 0 bridgehead atoms. The van der Waals surface area contributed by atoms with E-state index in [1.165, 1.54) is 6.42 Å². The first-order valence-electron chi connectivity index (χ1n) is 9.45. The molecule has 0 unspecified atom stereocenters. The number of carbonyl (C=O) groups is 2. The summed E-state index contributed by atoms with van der Waals surface area (Å²) in [5.41, 5.74) is 1.77. The number of carbonyl (C=O) groups excluding carboxylic acids is 1. The van der Waals surface area contributed by atoms with Crippen LogP contribution >= 0.6 is 0 Å². The quantitative estimate of drug-likeness (QED) is 0.586. The summed E-state index contributed by atoms with van der Waals surface area (Å²) in [6, 6.07) is 16.8. The van der Waals surface area contributed by atoms with Crippen LogP contribution in [-0.4, -0.2) is 30.1 Å². The zero-order valence-corrected chi connectivity index (χ0v) is 15.3. The molecular formula is C22H25NO4. The predicted octanol–water partition coefficient (Wildman–Crippen LogP) is 4.23. The maximum absolute atomic E-state index is 12.6. The summed E-state index contributed by atoms with van der Waals surface area (Å²) in [6.07, 6.45) is 3.43. The molecule has 3 rings (SSSR count). The molecule has 1 N–H and O–H groups in total. The van der Waals surface area contributed by atoms with E-state index < -0.39 is 17.9 Å². The lowest BCUT2D eigenvalue weighted by Crippen LogP contribution is -2.30. The van der Waals surface area contributed by atoms with Crippen molar-refractivity contribution in [3.63, 3.8) is 0 Å². The Balaban J connectivity index is 1.71. The van der Waals surface area contributed by atoms with Crippen LogP contribution in [0, 0.1) is 0 Å². The Bertz CT molecular complexity index is 769. The van der Waals surface area contributed by atoms with Gasteiger partial charge in [-0.05, 0) is 37.0 Å². The molecule has 1 atom stereocenters. The number of carboxylic acid groups (broad SMARTS) is 1. The van der Waals surface area contributed by atoms with Crippen LogP contribution in [0.25, 0.3) is 0 Å². The van der Waals surface area contributed by atoms with Gasteiger partial charge < -0.3 is 14.7 Å². The minimum atomic E-state index is -0.926. The molecule has 0 amide bonds. The third kappa shape index (κ3) is 5.33. The first-order chi connectivity index (χ1) is 13.1. The van der Waals surface area contributed by atoms with Crippen LogP contribution in [0.2, 0.25) is 0 Å². The third-order valence-electron chi connectivity index (χ3n) is 4.89. The number of piperidine rings is 1. The summed E-state index contributed by atoms with van der Waals surface area (Å²) >= 11 is 0. The Kier molecular flexibility index (Phi) is 6.47. The molecule has 0 aliphatic carbocycles. The van der Waals surface area contributed by atoms with Gasteiger partial charge in [-0.1, -0.05) is 42.5 Å². The fourth-order valence-corrected chi connectivity index (χ4v) is 3.55. The molecule has 0 aromatic heterocycles. The first kappa shape index (κ1) is 19.0. The Morgan fingerprint density at radius 3 is 2.30 bits per heavy atom. The number of anilines is 1. The maximum Gasteiger partial charge on any atom is 0.311 e. The molecule has 2 aromatic carbocycles. The van der Waals surface area contributed by atoms with E-state index in [0.717, 1.165) is 37.2 Å². The largest absolute Gasteiger partial charge is 0.481 e. The van der Waals surface area contributed by atoms with Gasteiger partial charge in [-0.25, -0.2) is 0 Å². The predicted molar refractivity (Wildman–Crippen MR) is 104 cm³/mol. The van der Waals surface area contributed by atoms with E-state index in [9.17, 15) is 14.7 Å². The summed E-state index contributed by atoms with van der Waals surface area (Å²) in [5, 5.41) is 9.20. The summed E-state index contributed by atoms with van der Waals surface area (Å²) in [6.45, 7) is 1.92. The lowest BCUT2D eigenvalue weighted by molar-refractivity contribution is -0.138. The normalized spacial score (nSPS) is 15.2. The van der Waals surface area contributed by atoms with Crippen LogP contribution in [0.4, 0.5) is 5.69 Å². The minimum Gasteiger partial charge on any atom is -0.481 e. The number of ether oxygens (including phenoxy) is 1. The molecule has 1 fully saturated rings. The molecule has 1 aliphatic heterocycles. The zero-order valence-electron chi connectivity index (χ0n) is 15.3. The van der Waals surface area contributed by atoms with Gasteiger partial charge in [0.2, 0.25) is 0 Å². The van der Waals surface area contributed by atoms with Crippen molar-refractivity contribution in [1.29, 1.82) is 0 Å². The molecule has 0 spiro atoms. The summed E-state index contributed by atoms with van der Waals surface area (Å²) < 4.78 is 5.66. The van der Waals surface area contributed by atoms with Crippen molar-refractivity contribution in [2.24, 2.45) is 0 Å². The average molecular weight is 367 g/mol. The Hall–Kier alpha value is -2.82. The molecule has 5 nitrogen and oxygen atoms in total. The summed E-state index contributed by atoms with van der Waals surface area (Å²) in [4.78, 5) is 26.1. The first-order valence-corrected chi connectivity index (χ1v) is 9.45. The number of hydrogen-bond donors (Lipinski definition) is 1. The van der Waals surface area contributed by atoms with Crippen molar-refractivity contribution in [3.05, 3.63) is 60.2 Å². The summed E-state index contributed by atoms with van der Waals surface area (Å²) in [5.74, 6) is -1.19. The van der Waals surface area contributed by atoms with Gasteiger partial charge in [-0.3, -0.25) is 9.59 Å². The highest BCUT2D eigenvalue weighted by molar-refractivity contribution is 5.77. The van der Waals surface area contributed by atoms with Crippen LogP contribution in [0.1, 0.15) is 43.6 Å². The van der Waals surface area contributed by atoms with Crippen LogP contribution in [0.3, 0.4) is 0 Å². The molecule has 1 saturated heterocycles. The molecule has 1 aliphatic rings. The second-order valence-corrected chi connectivity index (χ2v) is 6.90. The second kappa shape index (κ2) is 9.21. The molecule has 1 heterocycles. The number of hydrogen-bond acceptors (Lipinski definition) is 4. The van der Waals surface area contributed by atoms with Crippen LogP contribution in [0.15, 0.2) is 54.6 Å². The van der Waals surface area contributed by atoms with E-state index >= 15 is 0 Å². The fourth-order valence-electron chi connectivity index (χ4n) is 3.55. The van der Waals surface area contributed by atoms with Gasteiger partial charge in [0.1, 0.15) is 0 Å². The minimum absolute atomic E-state index is 0.0324. The van der Waals surface area contributed by atoms with E-state index in [0.29, 0.717) is 5.75 Å². The molecule has 142 valence electrons. The van der Waals surface area contributed by atoms with Crippen molar-refractivity contribution in [2.45, 2.75) is 38.0 Å². The number of carboxylic acids is 1. The summed E-state index contributed by atoms with van der Waals surface area (Å²) in [7, 11) is 0. The topological polar surface area (TPSA) is 66.8 Å². The number of rotatable bonds is 7. The van der Waals surface area contributed by atoms with Crippen LogP contribution in [-0.2, 0) is 9.59 Å². The molecule has 5 heteroatoms.